The molecule has 2 aromatic rings. The minimum Gasteiger partial charge on any atom is -0.329 e. The molecule has 0 saturated heterocycles. The lowest BCUT2D eigenvalue weighted by molar-refractivity contribution is 0.183. The van der Waals surface area contributed by atoms with Crippen molar-refractivity contribution in [3.8, 4) is 0 Å². The van der Waals surface area contributed by atoms with Gasteiger partial charge in [0.05, 0.1) is 0 Å². The lowest BCUT2D eigenvalue weighted by atomic mass is 10.0. The zero-order valence-corrected chi connectivity index (χ0v) is 12.6. The summed E-state index contributed by atoms with van der Waals surface area (Å²) in [5, 5.41) is 2.15. The normalized spacial score (nSPS) is 16.6. The molecule has 0 amide bonds. The summed E-state index contributed by atoms with van der Waals surface area (Å²) in [6, 6.07) is 7.37. The van der Waals surface area contributed by atoms with E-state index in [1.807, 2.05) is 23.7 Å². The van der Waals surface area contributed by atoms with E-state index in [2.05, 4.69) is 40.4 Å². The third-order valence-corrected chi connectivity index (χ3v) is 4.86. The van der Waals surface area contributed by atoms with Gasteiger partial charge in [0.15, 0.2) is 0 Å². The Kier molecular flexibility index (Phi) is 4.15. The van der Waals surface area contributed by atoms with Gasteiger partial charge in [0, 0.05) is 42.4 Å². The Bertz CT molecular complexity index is 549. The fourth-order valence-electron chi connectivity index (χ4n) is 2.75. The van der Waals surface area contributed by atoms with Crippen molar-refractivity contribution in [3.63, 3.8) is 0 Å². The molecule has 20 heavy (non-hydrogen) atoms. The van der Waals surface area contributed by atoms with Crippen molar-refractivity contribution in [2.24, 2.45) is 5.73 Å². The second-order valence-corrected chi connectivity index (χ2v) is 6.50. The minimum atomic E-state index is 0.276. The molecular formula is C16H21N3S. The first kappa shape index (κ1) is 13.7. The van der Waals surface area contributed by atoms with Crippen LogP contribution < -0.4 is 5.73 Å². The standard InChI is InChI=1S/C16H21N3S/c1-12-6-7-18-10-15(12)16(9-17)19(13-4-5-13)11-14-3-2-8-20-14/h2-3,6-8,10,13,16H,4-5,9,11,17H2,1H3. The third-order valence-electron chi connectivity index (χ3n) is 4.00. The summed E-state index contributed by atoms with van der Waals surface area (Å²) >= 11 is 1.83. The van der Waals surface area contributed by atoms with E-state index in [1.165, 1.54) is 28.8 Å². The number of aryl methyl sites for hydroxylation is 1. The molecule has 0 aliphatic heterocycles. The van der Waals surface area contributed by atoms with Crippen LogP contribution in [0, 0.1) is 6.92 Å². The molecule has 1 unspecified atom stereocenters. The molecule has 1 atom stereocenters. The summed E-state index contributed by atoms with van der Waals surface area (Å²) in [5.74, 6) is 0. The van der Waals surface area contributed by atoms with Gasteiger partial charge in [-0.2, -0.15) is 0 Å². The van der Waals surface area contributed by atoms with Crippen LogP contribution in [0.1, 0.15) is 34.9 Å². The van der Waals surface area contributed by atoms with E-state index in [0.29, 0.717) is 12.6 Å². The van der Waals surface area contributed by atoms with Crippen molar-refractivity contribution in [2.45, 2.75) is 38.4 Å². The lowest BCUT2D eigenvalue weighted by Gasteiger charge is -2.31. The largest absolute Gasteiger partial charge is 0.329 e. The topological polar surface area (TPSA) is 42.1 Å². The van der Waals surface area contributed by atoms with Crippen molar-refractivity contribution >= 4 is 11.3 Å². The first-order chi connectivity index (χ1) is 9.79. The van der Waals surface area contributed by atoms with Crippen LogP contribution in [-0.2, 0) is 6.54 Å². The highest BCUT2D eigenvalue weighted by atomic mass is 32.1. The van der Waals surface area contributed by atoms with Crippen LogP contribution in [0.4, 0.5) is 0 Å². The summed E-state index contributed by atoms with van der Waals surface area (Å²) in [6.45, 7) is 3.79. The molecule has 2 aromatic heterocycles. The molecule has 3 nitrogen and oxygen atoms in total. The van der Waals surface area contributed by atoms with Crippen LogP contribution in [0.15, 0.2) is 36.0 Å². The van der Waals surface area contributed by atoms with E-state index in [4.69, 9.17) is 5.73 Å². The maximum Gasteiger partial charge on any atom is 0.0495 e. The number of hydrogen-bond acceptors (Lipinski definition) is 4. The molecule has 0 radical (unpaired) electrons. The Balaban J connectivity index is 1.86. The number of thiophene rings is 1. The molecule has 0 aromatic carbocycles. The SMILES string of the molecule is Cc1ccncc1C(CN)N(Cc1cccs1)C1CC1. The van der Waals surface area contributed by atoms with Gasteiger partial charge in [-0.1, -0.05) is 6.07 Å². The molecule has 1 aliphatic carbocycles. The molecule has 1 saturated carbocycles. The number of nitrogens with zero attached hydrogens (tertiary/aromatic N) is 2. The van der Waals surface area contributed by atoms with Crippen molar-refractivity contribution < 1.29 is 0 Å². The van der Waals surface area contributed by atoms with Crippen molar-refractivity contribution in [1.82, 2.24) is 9.88 Å². The maximum absolute atomic E-state index is 6.10. The molecule has 2 heterocycles. The lowest BCUT2D eigenvalue weighted by Crippen LogP contribution is -2.35. The Hall–Kier alpha value is -1.23. The zero-order chi connectivity index (χ0) is 13.9. The molecule has 1 aliphatic rings. The first-order valence-corrected chi connectivity index (χ1v) is 8.06. The van der Waals surface area contributed by atoms with Crippen LogP contribution >= 0.6 is 11.3 Å². The molecule has 106 valence electrons. The molecule has 2 N–H and O–H groups in total. The highest BCUT2D eigenvalue weighted by Gasteiger charge is 2.34. The van der Waals surface area contributed by atoms with Crippen LogP contribution in [0.25, 0.3) is 0 Å². The van der Waals surface area contributed by atoms with Crippen LogP contribution in [0.2, 0.25) is 0 Å². The third kappa shape index (κ3) is 2.92. The molecule has 4 heteroatoms. The van der Waals surface area contributed by atoms with Gasteiger partial charge in [-0.05, 0) is 48.4 Å². The molecule has 1 fully saturated rings. The van der Waals surface area contributed by atoms with Gasteiger partial charge in [0.2, 0.25) is 0 Å². The summed E-state index contributed by atoms with van der Waals surface area (Å²) in [4.78, 5) is 8.27. The predicted molar refractivity (Wildman–Crippen MR) is 83.7 cm³/mol. The van der Waals surface area contributed by atoms with E-state index < -0.39 is 0 Å². The van der Waals surface area contributed by atoms with E-state index in [9.17, 15) is 0 Å². The first-order valence-electron chi connectivity index (χ1n) is 7.18. The quantitative estimate of drug-likeness (QED) is 0.887. The Morgan fingerprint density at radius 3 is 2.90 bits per heavy atom. The van der Waals surface area contributed by atoms with E-state index in [1.54, 1.807) is 0 Å². The van der Waals surface area contributed by atoms with Gasteiger partial charge < -0.3 is 5.73 Å². The van der Waals surface area contributed by atoms with Gasteiger partial charge in [-0.3, -0.25) is 9.88 Å². The number of nitrogens with two attached hydrogens (primary N) is 1. The van der Waals surface area contributed by atoms with E-state index in [0.717, 1.165) is 6.54 Å². The highest BCUT2D eigenvalue weighted by molar-refractivity contribution is 7.09. The van der Waals surface area contributed by atoms with Crippen LogP contribution in [-0.4, -0.2) is 22.5 Å². The minimum absolute atomic E-state index is 0.276. The molecule has 0 spiro atoms. The summed E-state index contributed by atoms with van der Waals surface area (Å²) in [5.41, 5.74) is 8.66. The van der Waals surface area contributed by atoms with E-state index >= 15 is 0 Å². The van der Waals surface area contributed by atoms with Gasteiger partial charge in [0.25, 0.3) is 0 Å². The summed E-state index contributed by atoms with van der Waals surface area (Å²) in [6.07, 6.45) is 6.42. The Morgan fingerprint density at radius 2 is 2.30 bits per heavy atom. The fraction of sp³-hybridized carbons (Fsp3) is 0.438. The van der Waals surface area contributed by atoms with Gasteiger partial charge in [-0.25, -0.2) is 0 Å². The predicted octanol–water partition coefficient (Wildman–Crippen LogP) is 3.12. The van der Waals surface area contributed by atoms with Gasteiger partial charge >= 0.3 is 0 Å². The van der Waals surface area contributed by atoms with Crippen molar-refractivity contribution in [1.29, 1.82) is 0 Å². The fourth-order valence-corrected chi connectivity index (χ4v) is 3.46. The molecular weight excluding hydrogens is 266 g/mol. The van der Waals surface area contributed by atoms with Crippen molar-refractivity contribution in [2.75, 3.05) is 6.54 Å². The number of hydrogen-bond donors (Lipinski definition) is 1. The monoisotopic (exact) mass is 287 g/mol. The highest BCUT2D eigenvalue weighted by Crippen LogP contribution is 2.36. The summed E-state index contributed by atoms with van der Waals surface area (Å²) in [7, 11) is 0. The number of aromatic nitrogens is 1. The van der Waals surface area contributed by atoms with Crippen molar-refractivity contribution in [3.05, 3.63) is 52.0 Å². The molecule has 3 rings (SSSR count). The zero-order valence-electron chi connectivity index (χ0n) is 11.8. The van der Waals surface area contributed by atoms with Crippen LogP contribution in [0.3, 0.4) is 0 Å². The molecule has 0 bridgehead atoms. The Labute approximate surface area is 124 Å². The average Bonchev–Trinajstić information content (AvgIpc) is 3.18. The number of pyridine rings is 1. The van der Waals surface area contributed by atoms with Gasteiger partial charge in [-0.15, -0.1) is 11.3 Å². The number of rotatable bonds is 6. The average molecular weight is 287 g/mol. The smallest absolute Gasteiger partial charge is 0.0495 e. The maximum atomic E-state index is 6.10. The van der Waals surface area contributed by atoms with E-state index in [-0.39, 0.29) is 6.04 Å². The van der Waals surface area contributed by atoms with Gasteiger partial charge in [0.1, 0.15) is 0 Å². The second-order valence-electron chi connectivity index (χ2n) is 5.47. The Morgan fingerprint density at radius 1 is 1.45 bits per heavy atom. The van der Waals surface area contributed by atoms with Crippen LogP contribution in [0.5, 0.6) is 0 Å². The second kappa shape index (κ2) is 6.04. The summed E-state index contributed by atoms with van der Waals surface area (Å²) < 4.78 is 0.